The van der Waals surface area contributed by atoms with E-state index in [0.29, 0.717) is 17.8 Å². The van der Waals surface area contributed by atoms with Crippen LogP contribution in [-0.4, -0.2) is 51.9 Å². The van der Waals surface area contributed by atoms with Crippen LogP contribution in [0.3, 0.4) is 0 Å². The molecule has 0 spiro atoms. The molecule has 0 bridgehead atoms. The van der Waals surface area contributed by atoms with Gasteiger partial charge in [0.2, 0.25) is 0 Å². The smallest absolute Gasteiger partial charge is 0.260 e. The van der Waals surface area contributed by atoms with Gasteiger partial charge < -0.3 is 15.7 Å². The quantitative estimate of drug-likeness (QED) is 0.771. The molecule has 1 heterocycles. The number of amides is 1. The number of thiocarbonyl (C=S) groups is 1. The molecule has 1 aliphatic heterocycles. The van der Waals surface area contributed by atoms with E-state index < -0.39 is 5.92 Å². The Morgan fingerprint density at radius 1 is 1.48 bits per heavy atom. The maximum absolute atomic E-state index is 12.6. The molecule has 1 aromatic carbocycles. The molecule has 0 fully saturated rings. The van der Waals surface area contributed by atoms with Gasteiger partial charge in [-0.05, 0) is 44.4 Å². The van der Waals surface area contributed by atoms with Crippen LogP contribution in [0.1, 0.15) is 25.3 Å². The fraction of sp³-hybridized carbons (Fsp3) is 0.438. The fourth-order valence-electron chi connectivity index (χ4n) is 2.58. The highest BCUT2D eigenvalue weighted by molar-refractivity contribution is 7.80. The molecule has 1 aliphatic rings. The van der Waals surface area contributed by atoms with Gasteiger partial charge in [0, 0.05) is 12.1 Å². The fourth-order valence-corrected chi connectivity index (χ4v) is 2.71. The highest BCUT2D eigenvalue weighted by Gasteiger charge is 2.39. The van der Waals surface area contributed by atoms with Crippen molar-refractivity contribution < 1.29 is 9.90 Å². The first kappa shape index (κ1) is 17.4. The summed E-state index contributed by atoms with van der Waals surface area (Å²) in [6, 6.07) is 6.83. The Kier molecular flexibility index (Phi) is 5.68. The molecule has 6 nitrogen and oxygen atoms in total. The van der Waals surface area contributed by atoms with Gasteiger partial charge in [-0.15, -0.1) is 0 Å². The zero-order valence-electron chi connectivity index (χ0n) is 13.4. The molecule has 0 aliphatic carbocycles. The third kappa shape index (κ3) is 3.86. The van der Waals surface area contributed by atoms with Gasteiger partial charge in [0.1, 0.15) is 5.75 Å². The van der Waals surface area contributed by atoms with E-state index in [9.17, 15) is 9.90 Å². The maximum Gasteiger partial charge on any atom is 0.260 e. The molecule has 124 valence electrons. The number of unbranched alkanes of at least 4 members (excludes halogenated alkanes) is 1. The molecule has 23 heavy (non-hydrogen) atoms. The summed E-state index contributed by atoms with van der Waals surface area (Å²) in [5.41, 5.74) is 6.63. The Morgan fingerprint density at radius 3 is 2.78 bits per heavy atom. The SMILES string of the molecule is CCCCN(C)C[C@@H]1C(=O)N(C(N)=S)N=C1c1ccccc1O. The van der Waals surface area contributed by atoms with Crippen LogP contribution >= 0.6 is 12.2 Å². The van der Waals surface area contributed by atoms with E-state index in [1.807, 2.05) is 7.05 Å². The van der Waals surface area contributed by atoms with Crippen molar-refractivity contribution >= 4 is 28.9 Å². The molecular weight excluding hydrogens is 312 g/mol. The number of carbonyl (C=O) groups is 1. The molecule has 0 saturated heterocycles. The lowest BCUT2D eigenvalue weighted by Gasteiger charge is -2.21. The van der Waals surface area contributed by atoms with Gasteiger partial charge in [0.25, 0.3) is 5.91 Å². The van der Waals surface area contributed by atoms with Crippen LogP contribution in [0, 0.1) is 5.92 Å². The number of nitrogens with zero attached hydrogens (tertiary/aromatic N) is 3. The van der Waals surface area contributed by atoms with E-state index in [1.165, 1.54) is 0 Å². The predicted molar refractivity (Wildman–Crippen MR) is 94.2 cm³/mol. The van der Waals surface area contributed by atoms with Gasteiger partial charge in [-0.3, -0.25) is 4.79 Å². The summed E-state index contributed by atoms with van der Waals surface area (Å²) in [6.45, 7) is 3.52. The molecule has 3 N–H and O–H groups in total. The van der Waals surface area contributed by atoms with Crippen molar-refractivity contribution in [3.8, 4) is 5.75 Å². The zero-order chi connectivity index (χ0) is 17.0. The lowest BCUT2D eigenvalue weighted by Crippen LogP contribution is -2.40. The zero-order valence-corrected chi connectivity index (χ0v) is 14.2. The number of rotatable bonds is 6. The van der Waals surface area contributed by atoms with Gasteiger partial charge in [-0.1, -0.05) is 25.5 Å². The first-order chi connectivity index (χ1) is 11.0. The number of carbonyl (C=O) groups excluding carboxylic acids is 1. The monoisotopic (exact) mass is 334 g/mol. The van der Waals surface area contributed by atoms with Gasteiger partial charge in [-0.2, -0.15) is 10.1 Å². The van der Waals surface area contributed by atoms with Crippen LogP contribution in [0.2, 0.25) is 0 Å². The maximum atomic E-state index is 12.6. The van der Waals surface area contributed by atoms with Gasteiger partial charge in [0.15, 0.2) is 5.11 Å². The lowest BCUT2D eigenvalue weighted by molar-refractivity contribution is -0.128. The van der Waals surface area contributed by atoms with Crippen molar-refractivity contribution in [2.75, 3.05) is 20.1 Å². The van der Waals surface area contributed by atoms with Crippen LogP contribution in [0.5, 0.6) is 5.75 Å². The number of hydrazone groups is 1. The third-order valence-corrected chi connectivity index (χ3v) is 3.99. The minimum Gasteiger partial charge on any atom is -0.507 e. The Bertz CT molecular complexity index is 632. The van der Waals surface area contributed by atoms with Crippen LogP contribution in [0.25, 0.3) is 0 Å². The standard InChI is InChI=1S/C16H22N4O2S/c1-3-4-9-19(2)10-12-14(11-7-5-6-8-13(11)21)18-20(15(12)22)16(17)23/h5-8,12,21H,3-4,9-10H2,1-2H3,(H2,17,23)/t12-/m0/s1. The predicted octanol–water partition coefficient (Wildman–Crippen LogP) is 1.53. The van der Waals surface area contributed by atoms with Crippen molar-refractivity contribution in [1.29, 1.82) is 0 Å². The summed E-state index contributed by atoms with van der Waals surface area (Å²) < 4.78 is 0. The van der Waals surface area contributed by atoms with Crippen LogP contribution < -0.4 is 5.73 Å². The average molecular weight is 334 g/mol. The second kappa shape index (κ2) is 7.52. The molecule has 1 amide bonds. The molecule has 0 saturated carbocycles. The number of phenolic OH excluding ortho intramolecular Hbond substituents is 1. The summed E-state index contributed by atoms with van der Waals surface area (Å²) in [4.78, 5) is 14.7. The summed E-state index contributed by atoms with van der Waals surface area (Å²) in [5.74, 6) is -0.657. The number of aromatic hydroxyl groups is 1. The van der Waals surface area contributed by atoms with Crippen LogP contribution in [0.15, 0.2) is 29.4 Å². The molecule has 0 aromatic heterocycles. The normalized spacial score (nSPS) is 17.7. The molecule has 0 radical (unpaired) electrons. The summed E-state index contributed by atoms with van der Waals surface area (Å²) >= 11 is 4.90. The van der Waals surface area contributed by atoms with E-state index in [0.717, 1.165) is 24.4 Å². The Balaban J connectivity index is 2.30. The molecule has 2 rings (SSSR count). The Morgan fingerprint density at radius 2 is 2.17 bits per heavy atom. The summed E-state index contributed by atoms with van der Waals surface area (Å²) in [5, 5.41) is 15.3. The third-order valence-electron chi connectivity index (χ3n) is 3.82. The summed E-state index contributed by atoms with van der Waals surface area (Å²) in [7, 11) is 1.97. The molecule has 0 unspecified atom stereocenters. The minimum atomic E-state index is -0.494. The van der Waals surface area contributed by atoms with Gasteiger partial charge >= 0.3 is 0 Å². The highest BCUT2D eigenvalue weighted by Crippen LogP contribution is 2.27. The molecule has 1 atom stereocenters. The van der Waals surface area contributed by atoms with Crippen LogP contribution in [0.4, 0.5) is 0 Å². The first-order valence-corrected chi connectivity index (χ1v) is 8.05. The minimum absolute atomic E-state index is 0.0818. The first-order valence-electron chi connectivity index (χ1n) is 7.64. The average Bonchev–Trinajstić information content (AvgIpc) is 2.83. The van der Waals surface area contributed by atoms with Crippen molar-refractivity contribution in [3.63, 3.8) is 0 Å². The van der Waals surface area contributed by atoms with Gasteiger partial charge in [0.05, 0.1) is 11.6 Å². The number of para-hydroxylation sites is 1. The van der Waals surface area contributed by atoms with Crippen molar-refractivity contribution in [2.45, 2.75) is 19.8 Å². The number of hydrogen-bond donors (Lipinski definition) is 2. The van der Waals surface area contributed by atoms with E-state index in [-0.39, 0.29) is 16.8 Å². The number of benzene rings is 1. The summed E-state index contributed by atoms with van der Waals surface area (Å²) in [6.07, 6.45) is 2.14. The van der Waals surface area contributed by atoms with E-state index >= 15 is 0 Å². The van der Waals surface area contributed by atoms with Gasteiger partial charge in [-0.25, -0.2) is 0 Å². The number of phenols is 1. The molecular formula is C16H22N4O2S. The Labute approximate surface area is 141 Å². The van der Waals surface area contributed by atoms with Crippen LogP contribution in [-0.2, 0) is 4.79 Å². The second-order valence-corrected chi connectivity index (χ2v) is 6.08. The second-order valence-electron chi connectivity index (χ2n) is 5.66. The molecule has 7 heteroatoms. The van der Waals surface area contributed by atoms with Crippen molar-refractivity contribution in [3.05, 3.63) is 29.8 Å². The topological polar surface area (TPSA) is 82.2 Å². The number of hydrogen-bond acceptors (Lipinski definition) is 5. The van der Waals surface area contributed by atoms with E-state index in [4.69, 9.17) is 18.0 Å². The number of nitrogens with two attached hydrogens (primary N) is 1. The highest BCUT2D eigenvalue weighted by atomic mass is 32.1. The van der Waals surface area contributed by atoms with Crippen molar-refractivity contribution in [2.24, 2.45) is 16.8 Å². The van der Waals surface area contributed by atoms with E-state index in [2.05, 4.69) is 16.9 Å². The largest absolute Gasteiger partial charge is 0.507 e. The molecule has 1 aromatic rings. The van der Waals surface area contributed by atoms with Crippen molar-refractivity contribution in [1.82, 2.24) is 9.91 Å². The van der Waals surface area contributed by atoms with E-state index in [1.54, 1.807) is 24.3 Å². The lowest BCUT2D eigenvalue weighted by atomic mass is 9.95. The Hall–Kier alpha value is -1.99.